The summed E-state index contributed by atoms with van der Waals surface area (Å²) in [5.74, 6) is -2.87. The molecule has 3 nitrogen and oxygen atoms in total. The second-order valence-electron chi connectivity index (χ2n) is 1.67. The van der Waals surface area contributed by atoms with E-state index in [2.05, 4.69) is 4.74 Å². The first-order chi connectivity index (χ1) is 5.55. The summed E-state index contributed by atoms with van der Waals surface area (Å²) in [5, 5.41) is 0. The molecule has 0 saturated carbocycles. The van der Waals surface area contributed by atoms with Crippen molar-refractivity contribution >= 4 is 81.5 Å². The van der Waals surface area contributed by atoms with Gasteiger partial charge in [0.25, 0.3) is 7.59 Å². The van der Waals surface area contributed by atoms with E-state index in [-0.39, 0.29) is 62.0 Å². The Morgan fingerprint density at radius 2 is 1.00 bits per heavy atom. The van der Waals surface area contributed by atoms with E-state index >= 15 is 0 Å². The SMILES string of the molecule is O=C(OC(=O)C(Cl)(Cl)Cl)C(Cl)(Cl)Cl.[H-].[H-].[Na+].[Na+]. The van der Waals surface area contributed by atoms with E-state index in [1.807, 2.05) is 0 Å². The minimum absolute atomic E-state index is 0. The van der Waals surface area contributed by atoms with Gasteiger partial charge in [-0.3, -0.25) is 0 Å². The van der Waals surface area contributed by atoms with Gasteiger partial charge >= 0.3 is 71.1 Å². The molecule has 0 aromatic heterocycles. The first kappa shape index (κ1) is 23.0. The molecule has 0 atom stereocenters. The maximum absolute atomic E-state index is 10.7. The van der Waals surface area contributed by atoms with E-state index in [4.69, 9.17) is 69.6 Å². The van der Waals surface area contributed by atoms with Crippen molar-refractivity contribution < 1.29 is 76.3 Å². The van der Waals surface area contributed by atoms with Gasteiger partial charge in [0.1, 0.15) is 0 Å². The number of carbonyl (C=O) groups is 2. The Bertz CT molecular complexity index is 218. The van der Waals surface area contributed by atoms with Crippen LogP contribution in [0.4, 0.5) is 0 Å². The molecule has 0 amide bonds. The average molecular weight is 357 g/mol. The smallest absolute Gasteiger partial charge is 1.00 e. The zero-order valence-electron chi connectivity index (χ0n) is 9.49. The van der Waals surface area contributed by atoms with Crippen molar-refractivity contribution in [2.24, 2.45) is 0 Å². The third-order valence-electron chi connectivity index (χ3n) is 0.648. The average Bonchev–Trinajstić information content (AvgIpc) is 1.82. The summed E-state index contributed by atoms with van der Waals surface area (Å²) in [7, 11) is 0. The number of alkyl halides is 6. The molecule has 0 radical (unpaired) electrons. The van der Waals surface area contributed by atoms with E-state index < -0.39 is 19.5 Å². The maximum Gasteiger partial charge on any atom is 1.00 e. The van der Waals surface area contributed by atoms with Crippen LogP contribution >= 0.6 is 69.6 Å². The number of carbonyl (C=O) groups excluding carboxylic acids is 2. The number of halogens is 6. The summed E-state index contributed by atoms with van der Waals surface area (Å²) < 4.78 is -0.857. The summed E-state index contributed by atoms with van der Waals surface area (Å²) in [6.07, 6.45) is 0. The molecular formula is C4H2Cl6Na2O3. The van der Waals surface area contributed by atoms with Gasteiger partial charge in [-0.2, -0.15) is 0 Å². The number of hydrogen-bond donors (Lipinski definition) is 0. The zero-order chi connectivity index (χ0) is 10.9. The molecule has 0 heterocycles. The molecule has 0 bridgehead atoms. The monoisotopic (exact) mass is 354 g/mol. The summed E-state index contributed by atoms with van der Waals surface area (Å²) >= 11 is 30.3. The van der Waals surface area contributed by atoms with Crippen LogP contribution in [0.5, 0.6) is 0 Å². The molecule has 0 aliphatic heterocycles. The van der Waals surface area contributed by atoms with Crippen molar-refractivity contribution in [2.45, 2.75) is 7.59 Å². The molecule has 0 unspecified atom stereocenters. The largest absolute Gasteiger partial charge is 1.00 e. The fraction of sp³-hybridized carbons (Fsp3) is 0.500. The van der Waals surface area contributed by atoms with Gasteiger partial charge in [-0.25, -0.2) is 9.59 Å². The Balaban J connectivity index is -0.000000120. The fourth-order valence-corrected chi connectivity index (χ4v) is 0.431. The van der Waals surface area contributed by atoms with Crippen LogP contribution in [0.2, 0.25) is 0 Å². The van der Waals surface area contributed by atoms with Crippen molar-refractivity contribution in [1.29, 1.82) is 0 Å². The van der Waals surface area contributed by atoms with Crippen LogP contribution < -0.4 is 59.1 Å². The molecule has 0 aromatic carbocycles. The third-order valence-corrected chi connectivity index (χ3v) is 1.57. The molecule has 0 saturated heterocycles. The van der Waals surface area contributed by atoms with Crippen molar-refractivity contribution in [1.82, 2.24) is 0 Å². The molecule has 0 aliphatic carbocycles. The Kier molecular flexibility index (Phi) is 13.6. The molecule has 0 spiro atoms. The molecule has 0 fully saturated rings. The fourth-order valence-electron chi connectivity index (χ4n) is 0.200. The van der Waals surface area contributed by atoms with E-state index in [0.29, 0.717) is 0 Å². The van der Waals surface area contributed by atoms with Gasteiger partial charge < -0.3 is 7.59 Å². The quantitative estimate of drug-likeness (QED) is 0.201. The van der Waals surface area contributed by atoms with Crippen LogP contribution in [0, 0.1) is 0 Å². The normalized spacial score (nSPS) is 10.8. The van der Waals surface area contributed by atoms with Crippen LogP contribution in [-0.4, -0.2) is 19.5 Å². The van der Waals surface area contributed by atoms with Crippen molar-refractivity contribution in [3.8, 4) is 0 Å². The summed E-state index contributed by atoms with van der Waals surface area (Å²) in [5.41, 5.74) is 0. The van der Waals surface area contributed by atoms with E-state index in [0.717, 1.165) is 0 Å². The van der Waals surface area contributed by atoms with Crippen molar-refractivity contribution in [2.75, 3.05) is 0 Å². The topological polar surface area (TPSA) is 43.4 Å². The molecule has 0 aliphatic rings. The third kappa shape index (κ3) is 10.5. The zero-order valence-corrected chi connectivity index (χ0v) is 16.0. The Hall–Kier alpha value is 2.88. The van der Waals surface area contributed by atoms with Crippen LogP contribution in [-0.2, 0) is 14.3 Å². The van der Waals surface area contributed by atoms with Crippen LogP contribution in [0.25, 0.3) is 0 Å². The molecule has 0 N–H and O–H groups in total. The second kappa shape index (κ2) is 8.89. The molecule has 0 rings (SSSR count). The van der Waals surface area contributed by atoms with Gasteiger partial charge in [-0.05, 0) is 0 Å². The standard InChI is InChI=1S/C4Cl6O3.2Na.2H/c5-3(6,7)1(11)13-2(12)4(8,9)10;;;;/q;2*+1;2*-1. The second-order valence-corrected chi connectivity index (χ2v) is 6.23. The first-order valence-electron chi connectivity index (χ1n) is 2.45. The molecule has 80 valence electrons. The van der Waals surface area contributed by atoms with Crippen molar-refractivity contribution in [3.63, 3.8) is 0 Å². The van der Waals surface area contributed by atoms with Gasteiger partial charge in [-0.1, -0.05) is 69.6 Å². The van der Waals surface area contributed by atoms with Crippen LogP contribution in [0.15, 0.2) is 0 Å². The minimum Gasteiger partial charge on any atom is -1.00 e. The molecule has 0 aromatic rings. The molecule has 11 heteroatoms. The van der Waals surface area contributed by atoms with E-state index in [1.54, 1.807) is 0 Å². The van der Waals surface area contributed by atoms with Gasteiger partial charge in [-0.15, -0.1) is 0 Å². The number of esters is 2. The Morgan fingerprint density at radius 3 is 1.13 bits per heavy atom. The summed E-state index contributed by atoms with van der Waals surface area (Å²) in [6.45, 7) is 0. The first-order valence-corrected chi connectivity index (χ1v) is 4.72. The predicted molar refractivity (Wildman–Crippen MR) is 53.9 cm³/mol. The van der Waals surface area contributed by atoms with Crippen LogP contribution in [0.3, 0.4) is 0 Å². The molecular weight excluding hydrogens is 355 g/mol. The number of ether oxygens (including phenoxy) is 1. The van der Waals surface area contributed by atoms with E-state index in [1.165, 1.54) is 0 Å². The van der Waals surface area contributed by atoms with Gasteiger partial charge in [0, 0.05) is 0 Å². The van der Waals surface area contributed by atoms with Crippen LogP contribution in [0.1, 0.15) is 2.85 Å². The summed E-state index contributed by atoms with van der Waals surface area (Å²) in [4.78, 5) is 21.4. The van der Waals surface area contributed by atoms with Crippen molar-refractivity contribution in [3.05, 3.63) is 0 Å². The number of hydrogen-bond acceptors (Lipinski definition) is 3. The predicted octanol–water partition coefficient (Wildman–Crippen LogP) is -2.97. The van der Waals surface area contributed by atoms with Gasteiger partial charge in [0.2, 0.25) is 0 Å². The maximum atomic E-state index is 10.7. The molecule has 15 heavy (non-hydrogen) atoms. The van der Waals surface area contributed by atoms with E-state index in [9.17, 15) is 9.59 Å². The number of rotatable bonds is 0. The summed E-state index contributed by atoms with van der Waals surface area (Å²) in [6, 6.07) is 0. The minimum atomic E-state index is -2.38. The Labute approximate surface area is 163 Å². The van der Waals surface area contributed by atoms with Gasteiger partial charge in [0.15, 0.2) is 0 Å². The Morgan fingerprint density at radius 1 is 0.800 bits per heavy atom. The van der Waals surface area contributed by atoms with Gasteiger partial charge in [0.05, 0.1) is 0 Å².